The van der Waals surface area contributed by atoms with Gasteiger partial charge in [0.05, 0.1) is 6.61 Å². The number of rotatable bonds is 4. The van der Waals surface area contributed by atoms with Gasteiger partial charge >= 0.3 is 5.97 Å². The number of phenolic OH excluding ortho intramolecular Hbond substituents is 1. The normalized spacial score (nSPS) is 13.8. The first-order chi connectivity index (χ1) is 11.6. The predicted octanol–water partition coefficient (Wildman–Crippen LogP) is 3.51. The maximum Gasteiger partial charge on any atom is 0.374 e. The van der Waals surface area contributed by atoms with Crippen molar-refractivity contribution in [1.29, 1.82) is 0 Å². The first kappa shape index (κ1) is 16.6. The third-order valence-electron chi connectivity index (χ3n) is 4.55. The third kappa shape index (κ3) is 2.68. The van der Waals surface area contributed by atoms with Crippen molar-refractivity contribution in [3.05, 3.63) is 38.7 Å². The van der Waals surface area contributed by atoms with Crippen LogP contribution in [0.5, 0.6) is 5.75 Å². The number of esters is 1. The van der Waals surface area contributed by atoms with E-state index in [9.17, 15) is 14.7 Å². The molecule has 1 aliphatic carbocycles. The second-order valence-corrected chi connectivity index (χ2v) is 6.14. The van der Waals surface area contributed by atoms with Crippen molar-refractivity contribution >= 4 is 16.9 Å². The molecule has 3 rings (SSSR count). The van der Waals surface area contributed by atoms with Crippen LogP contribution in [0.2, 0.25) is 0 Å². The van der Waals surface area contributed by atoms with Gasteiger partial charge in [0, 0.05) is 6.07 Å². The summed E-state index contributed by atoms with van der Waals surface area (Å²) in [6.45, 7) is 3.96. The van der Waals surface area contributed by atoms with Gasteiger partial charge < -0.3 is 14.3 Å². The number of fused-ring (bicyclic) bond motifs is 2. The molecule has 0 saturated carbocycles. The monoisotopic (exact) mass is 330 g/mol. The number of hydrogen-bond donors (Lipinski definition) is 1. The van der Waals surface area contributed by atoms with Gasteiger partial charge in [-0.15, -0.1) is 0 Å². The van der Waals surface area contributed by atoms with E-state index in [2.05, 4.69) is 6.92 Å². The minimum atomic E-state index is -0.656. The first-order valence-corrected chi connectivity index (χ1v) is 8.59. The maximum absolute atomic E-state index is 12.5. The topological polar surface area (TPSA) is 76.7 Å². The summed E-state index contributed by atoms with van der Waals surface area (Å²) in [5.74, 6) is -0.748. The molecule has 0 bridgehead atoms. The smallest absolute Gasteiger partial charge is 0.374 e. The lowest BCUT2D eigenvalue weighted by molar-refractivity contribution is 0.0490. The van der Waals surface area contributed by atoms with Crippen molar-refractivity contribution in [3.63, 3.8) is 0 Å². The van der Waals surface area contributed by atoms with Crippen LogP contribution in [0.15, 0.2) is 15.3 Å². The van der Waals surface area contributed by atoms with Crippen molar-refractivity contribution in [2.24, 2.45) is 0 Å². The molecule has 1 N–H and O–H groups in total. The molecule has 1 heterocycles. The van der Waals surface area contributed by atoms with Crippen LogP contribution in [0.3, 0.4) is 0 Å². The molecule has 0 fully saturated rings. The molecule has 0 unspecified atom stereocenters. The Kier molecular flexibility index (Phi) is 4.60. The quantitative estimate of drug-likeness (QED) is 0.868. The highest BCUT2D eigenvalue weighted by Gasteiger charge is 2.25. The Morgan fingerprint density at radius 3 is 2.62 bits per heavy atom. The fourth-order valence-electron chi connectivity index (χ4n) is 3.54. The lowest BCUT2D eigenvalue weighted by Crippen LogP contribution is -2.14. The highest BCUT2D eigenvalue weighted by molar-refractivity contribution is 5.93. The van der Waals surface area contributed by atoms with E-state index in [-0.39, 0.29) is 23.5 Å². The molecule has 5 nitrogen and oxygen atoms in total. The molecule has 1 aliphatic rings. The molecule has 1 aromatic heterocycles. The lowest BCUT2D eigenvalue weighted by atomic mass is 9.84. The molecule has 5 heteroatoms. The van der Waals surface area contributed by atoms with Crippen LogP contribution in [0.1, 0.15) is 60.4 Å². The molecule has 24 heavy (non-hydrogen) atoms. The van der Waals surface area contributed by atoms with Gasteiger partial charge in [-0.25, -0.2) is 4.79 Å². The highest BCUT2D eigenvalue weighted by atomic mass is 16.5. The zero-order chi connectivity index (χ0) is 17.3. The van der Waals surface area contributed by atoms with Crippen molar-refractivity contribution in [2.75, 3.05) is 6.61 Å². The van der Waals surface area contributed by atoms with E-state index in [1.165, 1.54) is 0 Å². The molecular weight excluding hydrogens is 308 g/mol. The van der Waals surface area contributed by atoms with Crippen molar-refractivity contribution < 1.29 is 19.1 Å². The Hall–Kier alpha value is -2.30. The van der Waals surface area contributed by atoms with Gasteiger partial charge in [0.1, 0.15) is 16.7 Å². The molecule has 1 aromatic carbocycles. The number of aryl methyl sites for hydroxylation is 1. The fraction of sp³-hybridized carbons (Fsp3) is 0.474. The predicted molar refractivity (Wildman–Crippen MR) is 90.7 cm³/mol. The van der Waals surface area contributed by atoms with E-state index in [0.29, 0.717) is 5.58 Å². The van der Waals surface area contributed by atoms with Gasteiger partial charge in [0.2, 0.25) is 5.76 Å². The molecule has 0 spiro atoms. The summed E-state index contributed by atoms with van der Waals surface area (Å²) in [5, 5.41) is 10.8. The van der Waals surface area contributed by atoms with E-state index >= 15 is 0 Å². The fourth-order valence-corrected chi connectivity index (χ4v) is 3.54. The van der Waals surface area contributed by atoms with Crippen LogP contribution in [0.4, 0.5) is 0 Å². The molecule has 2 aromatic rings. The van der Waals surface area contributed by atoms with E-state index < -0.39 is 11.4 Å². The van der Waals surface area contributed by atoms with Crippen molar-refractivity contribution in [1.82, 2.24) is 0 Å². The highest BCUT2D eigenvalue weighted by Crippen LogP contribution is 2.38. The summed E-state index contributed by atoms with van der Waals surface area (Å²) in [5.41, 5.74) is 2.84. The van der Waals surface area contributed by atoms with Gasteiger partial charge in [-0.3, -0.25) is 4.79 Å². The van der Waals surface area contributed by atoms with Gasteiger partial charge in [0.25, 0.3) is 0 Å². The van der Waals surface area contributed by atoms with E-state index in [4.69, 9.17) is 9.15 Å². The van der Waals surface area contributed by atoms with E-state index in [0.717, 1.165) is 61.3 Å². The number of aromatic hydroxyl groups is 1. The number of ether oxygens (including phenoxy) is 1. The standard InChI is InChI=1S/C19H22O5/c1-3-7-13-11-8-5-6-9-12(11)17(21)16-14(20)10-15(24-18(13)16)19(22)23-4-2/h10,21H,3-9H2,1-2H3. The number of hydrogen-bond acceptors (Lipinski definition) is 5. The van der Waals surface area contributed by atoms with Crippen molar-refractivity contribution in [2.45, 2.75) is 52.4 Å². The Bertz CT molecular complexity index is 847. The second kappa shape index (κ2) is 6.67. The van der Waals surface area contributed by atoms with Crippen LogP contribution < -0.4 is 5.43 Å². The third-order valence-corrected chi connectivity index (χ3v) is 4.55. The average molecular weight is 330 g/mol. The number of carbonyl (C=O) groups excluding carboxylic acids is 1. The van der Waals surface area contributed by atoms with Crippen molar-refractivity contribution in [3.8, 4) is 5.75 Å². The molecule has 0 saturated heterocycles. The molecule has 0 amide bonds. The molecule has 128 valence electrons. The molecule has 0 atom stereocenters. The number of phenols is 1. The summed E-state index contributed by atoms with van der Waals surface area (Å²) >= 11 is 0. The summed E-state index contributed by atoms with van der Waals surface area (Å²) in [6.07, 6.45) is 5.32. The van der Waals surface area contributed by atoms with Gasteiger partial charge in [-0.2, -0.15) is 0 Å². The summed E-state index contributed by atoms with van der Waals surface area (Å²) in [4.78, 5) is 24.5. The molecular formula is C19H22O5. The Morgan fingerprint density at radius 1 is 1.25 bits per heavy atom. The summed E-state index contributed by atoms with van der Waals surface area (Å²) in [7, 11) is 0. The van der Waals surface area contributed by atoms with Crippen LogP contribution in [-0.4, -0.2) is 17.7 Å². The van der Waals surface area contributed by atoms with E-state index in [1.54, 1.807) is 6.92 Å². The first-order valence-electron chi connectivity index (χ1n) is 8.59. The average Bonchev–Trinajstić information content (AvgIpc) is 2.58. The summed E-state index contributed by atoms with van der Waals surface area (Å²) in [6, 6.07) is 1.12. The number of benzene rings is 1. The zero-order valence-electron chi connectivity index (χ0n) is 14.1. The molecule has 0 radical (unpaired) electrons. The van der Waals surface area contributed by atoms with Crippen LogP contribution >= 0.6 is 0 Å². The maximum atomic E-state index is 12.5. The Labute approximate surface area is 140 Å². The van der Waals surface area contributed by atoms with Crippen LogP contribution in [-0.2, 0) is 24.0 Å². The molecule has 0 aliphatic heterocycles. The van der Waals surface area contributed by atoms with Gasteiger partial charge in [0.15, 0.2) is 5.43 Å². The zero-order valence-corrected chi connectivity index (χ0v) is 14.1. The van der Waals surface area contributed by atoms with Crippen LogP contribution in [0.25, 0.3) is 11.0 Å². The van der Waals surface area contributed by atoms with Crippen LogP contribution in [0, 0.1) is 0 Å². The second-order valence-electron chi connectivity index (χ2n) is 6.14. The SMILES string of the molecule is CCCc1c2c(c(O)c3c(=O)cc(C(=O)OCC)oc13)CCCC2. The minimum Gasteiger partial charge on any atom is -0.507 e. The largest absolute Gasteiger partial charge is 0.507 e. The van der Waals surface area contributed by atoms with E-state index in [1.807, 2.05) is 0 Å². The van der Waals surface area contributed by atoms with Gasteiger partial charge in [-0.1, -0.05) is 13.3 Å². The Balaban J connectivity index is 2.34. The van der Waals surface area contributed by atoms with Gasteiger partial charge in [-0.05, 0) is 55.7 Å². The summed E-state index contributed by atoms with van der Waals surface area (Å²) < 4.78 is 10.7. The Morgan fingerprint density at radius 2 is 1.96 bits per heavy atom. The lowest BCUT2D eigenvalue weighted by Gasteiger charge is -2.22. The number of carbonyl (C=O) groups is 1. The minimum absolute atomic E-state index is 0.0173.